The molecule has 1 amide bonds. The normalized spacial score (nSPS) is 19.1. The third-order valence-corrected chi connectivity index (χ3v) is 5.86. The molecule has 3 rings (SSSR count). The second-order valence-electron chi connectivity index (χ2n) is 7.58. The van der Waals surface area contributed by atoms with Crippen molar-refractivity contribution in [3.05, 3.63) is 51.3 Å². The molecule has 0 radical (unpaired) electrons. The zero-order valence-corrected chi connectivity index (χ0v) is 18.6. The van der Waals surface area contributed by atoms with E-state index in [1.54, 1.807) is 0 Å². The Morgan fingerprint density at radius 1 is 1.15 bits per heavy atom. The maximum Gasteiger partial charge on any atom is 0.433 e. The van der Waals surface area contributed by atoms with Crippen molar-refractivity contribution in [3.8, 4) is 0 Å². The second-order valence-corrected chi connectivity index (χ2v) is 8.45. The number of alkyl halides is 6. The third-order valence-electron chi connectivity index (χ3n) is 5.43. The molecule has 1 saturated heterocycles. The number of rotatable bonds is 5. The summed E-state index contributed by atoms with van der Waals surface area (Å²) in [5.41, 5.74) is -4.32. The van der Waals surface area contributed by atoms with E-state index in [2.05, 4.69) is 15.3 Å². The van der Waals surface area contributed by atoms with Crippen molar-refractivity contribution in [3.63, 3.8) is 0 Å². The topological polar surface area (TPSA) is 58.1 Å². The number of aromatic nitrogens is 2. The largest absolute Gasteiger partial charge is 0.433 e. The van der Waals surface area contributed by atoms with Crippen molar-refractivity contribution in [1.29, 1.82) is 0 Å². The number of carbonyl (C=O) groups is 1. The van der Waals surface area contributed by atoms with Crippen LogP contribution in [0.5, 0.6) is 0 Å². The Morgan fingerprint density at radius 2 is 1.79 bits per heavy atom. The number of hydrogen-bond acceptors (Lipinski definition) is 4. The van der Waals surface area contributed by atoms with Crippen LogP contribution < -0.4 is 10.2 Å². The maximum absolute atomic E-state index is 14.2. The molecule has 1 atom stereocenters. The molecule has 0 saturated carbocycles. The summed E-state index contributed by atoms with van der Waals surface area (Å²) in [6.45, 7) is 0.117. The van der Waals surface area contributed by atoms with E-state index in [0.29, 0.717) is 0 Å². The molecule has 33 heavy (non-hydrogen) atoms. The van der Waals surface area contributed by atoms with Crippen LogP contribution in [0.4, 0.5) is 32.3 Å². The first-order valence-electron chi connectivity index (χ1n) is 9.75. The van der Waals surface area contributed by atoms with Crippen LogP contribution in [-0.2, 0) is 22.9 Å². The van der Waals surface area contributed by atoms with E-state index in [0.717, 1.165) is 23.2 Å². The predicted octanol–water partition coefficient (Wildman–Crippen LogP) is 5.54. The van der Waals surface area contributed by atoms with Crippen LogP contribution in [0.1, 0.15) is 36.6 Å². The average molecular weight is 515 g/mol. The van der Waals surface area contributed by atoms with Crippen LogP contribution in [0.25, 0.3) is 0 Å². The first kappa shape index (κ1) is 25.4. The third kappa shape index (κ3) is 5.29. The highest BCUT2D eigenvalue weighted by atomic mass is 35.5. The lowest BCUT2D eigenvalue weighted by atomic mass is 9.79. The number of carbonyl (C=O) groups excluding carboxylic acids is 1. The lowest BCUT2D eigenvalue weighted by molar-refractivity contribution is -0.184. The molecule has 1 aliphatic heterocycles. The monoisotopic (exact) mass is 514 g/mol. The molecule has 180 valence electrons. The van der Waals surface area contributed by atoms with Crippen LogP contribution in [0.3, 0.4) is 0 Å². The quantitative estimate of drug-likeness (QED) is 0.532. The maximum atomic E-state index is 14.2. The van der Waals surface area contributed by atoms with Gasteiger partial charge < -0.3 is 10.2 Å². The van der Waals surface area contributed by atoms with Crippen LogP contribution in [0.15, 0.2) is 24.4 Å². The summed E-state index contributed by atoms with van der Waals surface area (Å²) < 4.78 is 83.4. The smallest absolute Gasteiger partial charge is 0.352 e. The summed E-state index contributed by atoms with van der Waals surface area (Å²) in [5, 5.41) is 2.32. The fourth-order valence-corrected chi connectivity index (χ4v) is 4.21. The fraction of sp³-hybridized carbons (Fsp3) is 0.450. The van der Waals surface area contributed by atoms with E-state index >= 15 is 0 Å². The number of nitrogens with zero attached hydrogens (tertiary/aromatic N) is 3. The van der Waals surface area contributed by atoms with Gasteiger partial charge in [0, 0.05) is 47.9 Å². The Hall–Kier alpha value is -2.27. The highest BCUT2D eigenvalue weighted by Crippen LogP contribution is 2.49. The van der Waals surface area contributed by atoms with Gasteiger partial charge in [0.05, 0.1) is 0 Å². The predicted molar refractivity (Wildman–Crippen MR) is 110 cm³/mol. The highest BCUT2D eigenvalue weighted by Gasteiger charge is 2.59. The minimum absolute atomic E-state index is 0.00802. The molecule has 0 bridgehead atoms. The van der Waals surface area contributed by atoms with E-state index < -0.39 is 60.4 Å². The Balaban J connectivity index is 1.98. The van der Waals surface area contributed by atoms with Crippen molar-refractivity contribution < 1.29 is 31.1 Å². The SMILES string of the molecule is CCC(=O)NCc1cnc(N2CCC(c3cc(Cl)cc(Cl)c3)(C(F)(F)F)C2)nc1C(F)(F)F. The Bertz CT molecular complexity index is 1030. The van der Waals surface area contributed by atoms with Gasteiger partial charge >= 0.3 is 12.4 Å². The van der Waals surface area contributed by atoms with Gasteiger partial charge in [0.2, 0.25) is 11.9 Å². The van der Waals surface area contributed by atoms with Crippen LogP contribution in [0, 0.1) is 0 Å². The molecule has 2 aromatic rings. The molecule has 1 aliphatic rings. The van der Waals surface area contributed by atoms with E-state index in [1.807, 2.05) is 0 Å². The van der Waals surface area contributed by atoms with E-state index in [4.69, 9.17) is 23.2 Å². The standard InChI is InChI=1S/C20H18Cl2F6N4O/c1-2-15(33)29-8-11-9-30-17(31-16(11)19(23,24)25)32-4-3-18(10-32,20(26,27)28)12-5-13(21)7-14(22)6-12/h5-7,9H,2-4,8,10H2,1H3,(H,29,33). The number of hydrogen-bond donors (Lipinski definition) is 1. The molecule has 1 aromatic carbocycles. The number of anilines is 1. The first-order valence-corrected chi connectivity index (χ1v) is 10.5. The molecule has 0 aliphatic carbocycles. The van der Waals surface area contributed by atoms with Gasteiger partial charge in [-0.2, -0.15) is 26.3 Å². The van der Waals surface area contributed by atoms with Crippen molar-refractivity contribution in [2.24, 2.45) is 0 Å². The number of benzene rings is 1. The molecule has 1 unspecified atom stereocenters. The lowest BCUT2D eigenvalue weighted by Gasteiger charge is -2.32. The van der Waals surface area contributed by atoms with Crippen molar-refractivity contribution >= 4 is 35.1 Å². The van der Waals surface area contributed by atoms with Gasteiger partial charge in [-0.3, -0.25) is 4.79 Å². The molecule has 1 aromatic heterocycles. The second kappa shape index (κ2) is 9.17. The van der Waals surface area contributed by atoms with Gasteiger partial charge in [-0.25, -0.2) is 9.97 Å². The van der Waals surface area contributed by atoms with Gasteiger partial charge in [0.15, 0.2) is 5.69 Å². The van der Waals surface area contributed by atoms with Crippen molar-refractivity contribution in [1.82, 2.24) is 15.3 Å². The van der Waals surface area contributed by atoms with E-state index in [9.17, 15) is 31.1 Å². The Labute approximate surface area is 195 Å². The van der Waals surface area contributed by atoms with Crippen LogP contribution in [0.2, 0.25) is 10.0 Å². The van der Waals surface area contributed by atoms with Gasteiger partial charge in [0.1, 0.15) is 5.41 Å². The zero-order valence-electron chi connectivity index (χ0n) is 17.1. The molecule has 1 fully saturated rings. The average Bonchev–Trinajstić information content (AvgIpc) is 3.17. The molecular weight excluding hydrogens is 497 g/mol. The number of amides is 1. The molecule has 5 nitrogen and oxygen atoms in total. The van der Waals surface area contributed by atoms with Gasteiger partial charge in [-0.1, -0.05) is 30.1 Å². The first-order chi connectivity index (χ1) is 15.3. The fourth-order valence-electron chi connectivity index (χ4n) is 3.68. The Morgan fingerprint density at radius 3 is 2.33 bits per heavy atom. The molecule has 13 heteroatoms. The van der Waals surface area contributed by atoms with Crippen LogP contribution in [-0.4, -0.2) is 35.1 Å². The highest BCUT2D eigenvalue weighted by molar-refractivity contribution is 6.34. The van der Waals surface area contributed by atoms with Crippen molar-refractivity contribution in [2.75, 3.05) is 18.0 Å². The van der Waals surface area contributed by atoms with Gasteiger partial charge in [0.25, 0.3) is 0 Å². The molecule has 0 spiro atoms. The summed E-state index contributed by atoms with van der Waals surface area (Å²) in [6, 6.07) is 3.58. The molecule has 1 N–H and O–H groups in total. The molecule has 2 heterocycles. The van der Waals surface area contributed by atoms with E-state index in [-0.39, 0.29) is 28.6 Å². The van der Waals surface area contributed by atoms with Gasteiger partial charge in [-0.05, 0) is 30.2 Å². The Kier molecular flexibility index (Phi) is 7.05. The summed E-state index contributed by atoms with van der Waals surface area (Å²) in [5.74, 6) is -0.964. The summed E-state index contributed by atoms with van der Waals surface area (Å²) in [4.78, 5) is 19.8. The summed E-state index contributed by atoms with van der Waals surface area (Å²) >= 11 is 11.8. The molecular formula is C20H18Cl2F6N4O. The van der Waals surface area contributed by atoms with E-state index in [1.165, 1.54) is 13.0 Å². The lowest BCUT2D eigenvalue weighted by Crippen LogP contribution is -2.45. The number of halogens is 8. The van der Waals surface area contributed by atoms with Crippen LogP contribution >= 0.6 is 23.2 Å². The minimum atomic E-state index is -4.90. The zero-order chi connectivity index (χ0) is 24.6. The summed E-state index contributed by atoms with van der Waals surface area (Å²) in [7, 11) is 0. The summed E-state index contributed by atoms with van der Waals surface area (Å²) in [6.07, 6.45) is -9.16. The van der Waals surface area contributed by atoms with Gasteiger partial charge in [-0.15, -0.1) is 0 Å². The number of nitrogens with one attached hydrogen (secondary N) is 1. The van der Waals surface area contributed by atoms with Crippen molar-refractivity contribution in [2.45, 2.75) is 44.1 Å². The minimum Gasteiger partial charge on any atom is -0.352 e.